The molecular formula is C17H17N3O3S. The predicted octanol–water partition coefficient (Wildman–Crippen LogP) is 2.68. The summed E-state index contributed by atoms with van der Waals surface area (Å²) in [5, 5.41) is 4.76. The number of hydrogen-bond acceptors (Lipinski definition) is 5. The third-order valence-electron chi connectivity index (χ3n) is 3.86. The SMILES string of the molecule is Cc1cc(NC(=O)CCc2cscn2)ccc1N1C(=O)CCC1=O. The monoisotopic (exact) mass is 343 g/mol. The summed E-state index contributed by atoms with van der Waals surface area (Å²) in [4.78, 5) is 41.0. The quantitative estimate of drug-likeness (QED) is 0.847. The standard InChI is InChI=1S/C17H17N3O3S/c1-11-8-12(19-15(21)5-3-13-9-24-10-18-13)2-4-14(11)20-16(22)6-7-17(20)23/h2,4,8-10H,3,5-7H2,1H3,(H,19,21). The Morgan fingerprint density at radius 3 is 2.67 bits per heavy atom. The Labute approximate surface area is 143 Å². The van der Waals surface area contributed by atoms with Crippen LogP contribution < -0.4 is 10.2 Å². The summed E-state index contributed by atoms with van der Waals surface area (Å²) >= 11 is 1.51. The van der Waals surface area contributed by atoms with Gasteiger partial charge < -0.3 is 5.32 Å². The predicted molar refractivity (Wildman–Crippen MR) is 92.0 cm³/mol. The van der Waals surface area contributed by atoms with Crippen molar-refractivity contribution in [3.05, 3.63) is 40.3 Å². The molecule has 1 N–H and O–H groups in total. The van der Waals surface area contributed by atoms with Gasteiger partial charge in [-0.3, -0.25) is 19.3 Å². The van der Waals surface area contributed by atoms with Gasteiger partial charge in [0.15, 0.2) is 0 Å². The molecule has 1 aliphatic rings. The molecule has 0 radical (unpaired) electrons. The van der Waals surface area contributed by atoms with Crippen molar-refractivity contribution in [2.45, 2.75) is 32.6 Å². The van der Waals surface area contributed by atoms with Gasteiger partial charge in [0.1, 0.15) is 0 Å². The summed E-state index contributed by atoms with van der Waals surface area (Å²) in [6, 6.07) is 5.18. The van der Waals surface area contributed by atoms with E-state index in [9.17, 15) is 14.4 Å². The Bertz CT molecular complexity index is 770. The highest BCUT2D eigenvalue weighted by Crippen LogP contribution is 2.28. The molecule has 3 amide bonds. The fourth-order valence-electron chi connectivity index (χ4n) is 2.66. The number of thiazole rings is 1. The summed E-state index contributed by atoms with van der Waals surface area (Å²) in [6.45, 7) is 1.82. The van der Waals surface area contributed by atoms with Crippen molar-refractivity contribution < 1.29 is 14.4 Å². The Balaban J connectivity index is 1.65. The topological polar surface area (TPSA) is 79.4 Å². The fourth-order valence-corrected chi connectivity index (χ4v) is 3.25. The fraction of sp³-hybridized carbons (Fsp3) is 0.294. The van der Waals surface area contributed by atoms with Gasteiger partial charge in [0, 0.05) is 30.3 Å². The minimum atomic E-state index is -0.178. The number of carbonyl (C=O) groups is 3. The molecule has 0 unspecified atom stereocenters. The van der Waals surface area contributed by atoms with Crippen LogP contribution in [0.15, 0.2) is 29.1 Å². The summed E-state index contributed by atoms with van der Waals surface area (Å²) in [6.07, 6.45) is 1.47. The van der Waals surface area contributed by atoms with Gasteiger partial charge in [-0.2, -0.15) is 0 Å². The summed E-state index contributed by atoms with van der Waals surface area (Å²) in [5.74, 6) is -0.449. The van der Waals surface area contributed by atoms with Crippen LogP contribution in [0.25, 0.3) is 0 Å². The highest BCUT2D eigenvalue weighted by atomic mass is 32.1. The first-order chi connectivity index (χ1) is 11.5. The first-order valence-electron chi connectivity index (χ1n) is 7.68. The molecule has 1 aliphatic heterocycles. The largest absolute Gasteiger partial charge is 0.326 e. The van der Waals surface area contributed by atoms with Crippen molar-refractivity contribution in [1.29, 1.82) is 0 Å². The Morgan fingerprint density at radius 1 is 1.29 bits per heavy atom. The Kier molecular flexibility index (Phi) is 4.71. The number of carbonyl (C=O) groups excluding carboxylic acids is 3. The van der Waals surface area contributed by atoms with Crippen molar-refractivity contribution in [1.82, 2.24) is 4.98 Å². The molecule has 1 aromatic heterocycles. The number of amides is 3. The molecule has 2 heterocycles. The number of aryl methyl sites for hydroxylation is 2. The maximum atomic E-state index is 12.0. The van der Waals surface area contributed by atoms with E-state index in [4.69, 9.17) is 0 Å². The molecule has 1 saturated heterocycles. The van der Waals surface area contributed by atoms with Crippen LogP contribution in [-0.2, 0) is 20.8 Å². The normalized spacial score (nSPS) is 14.3. The molecule has 2 aromatic rings. The smallest absolute Gasteiger partial charge is 0.234 e. The lowest BCUT2D eigenvalue weighted by molar-refractivity contribution is -0.121. The van der Waals surface area contributed by atoms with Crippen LogP contribution in [0.1, 0.15) is 30.5 Å². The van der Waals surface area contributed by atoms with Gasteiger partial charge in [-0.15, -0.1) is 11.3 Å². The summed E-state index contributed by atoms with van der Waals surface area (Å²) < 4.78 is 0. The minimum absolute atomic E-state index is 0.0940. The number of aromatic nitrogens is 1. The van der Waals surface area contributed by atoms with Gasteiger partial charge >= 0.3 is 0 Å². The van der Waals surface area contributed by atoms with Gasteiger partial charge in [-0.25, -0.2) is 4.98 Å². The van der Waals surface area contributed by atoms with Crippen molar-refractivity contribution in [3.63, 3.8) is 0 Å². The molecule has 1 aromatic carbocycles. The maximum absolute atomic E-state index is 12.0. The van der Waals surface area contributed by atoms with Crippen LogP contribution in [0.2, 0.25) is 0 Å². The zero-order valence-corrected chi connectivity index (χ0v) is 14.1. The van der Waals surface area contributed by atoms with Gasteiger partial charge in [0.05, 0.1) is 16.9 Å². The zero-order chi connectivity index (χ0) is 17.1. The summed E-state index contributed by atoms with van der Waals surface area (Å²) in [7, 11) is 0. The minimum Gasteiger partial charge on any atom is -0.326 e. The number of nitrogens with zero attached hydrogens (tertiary/aromatic N) is 2. The molecular weight excluding hydrogens is 326 g/mol. The first-order valence-corrected chi connectivity index (χ1v) is 8.62. The molecule has 24 heavy (non-hydrogen) atoms. The van der Waals surface area contributed by atoms with Gasteiger partial charge in [0.25, 0.3) is 0 Å². The average molecular weight is 343 g/mol. The lowest BCUT2D eigenvalue weighted by Gasteiger charge is -2.17. The van der Waals surface area contributed by atoms with E-state index in [1.807, 2.05) is 12.3 Å². The highest BCUT2D eigenvalue weighted by Gasteiger charge is 2.31. The highest BCUT2D eigenvalue weighted by molar-refractivity contribution is 7.07. The van der Waals surface area contributed by atoms with Crippen LogP contribution in [0.5, 0.6) is 0 Å². The van der Waals surface area contributed by atoms with E-state index in [2.05, 4.69) is 10.3 Å². The van der Waals surface area contributed by atoms with Crippen molar-refractivity contribution in [2.75, 3.05) is 10.2 Å². The van der Waals surface area contributed by atoms with E-state index < -0.39 is 0 Å². The third-order valence-corrected chi connectivity index (χ3v) is 4.50. The number of benzene rings is 1. The maximum Gasteiger partial charge on any atom is 0.234 e. The van der Waals surface area contributed by atoms with Gasteiger partial charge in [-0.05, 0) is 37.1 Å². The van der Waals surface area contributed by atoms with E-state index in [1.165, 1.54) is 16.2 Å². The van der Waals surface area contributed by atoms with Crippen LogP contribution in [-0.4, -0.2) is 22.7 Å². The van der Waals surface area contributed by atoms with E-state index in [1.54, 1.807) is 23.7 Å². The molecule has 7 heteroatoms. The Hall–Kier alpha value is -2.54. The number of hydrogen-bond donors (Lipinski definition) is 1. The Morgan fingerprint density at radius 2 is 2.04 bits per heavy atom. The van der Waals surface area contributed by atoms with E-state index in [0.29, 0.717) is 24.2 Å². The second kappa shape index (κ2) is 6.92. The molecule has 0 bridgehead atoms. The number of nitrogens with one attached hydrogen (secondary N) is 1. The molecule has 124 valence electrons. The van der Waals surface area contributed by atoms with Crippen molar-refractivity contribution in [2.24, 2.45) is 0 Å². The van der Waals surface area contributed by atoms with E-state index in [0.717, 1.165) is 11.3 Å². The first kappa shape index (κ1) is 16.3. The summed E-state index contributed by atoms with van der Waals surface area (Å²) in [5.41, 5.74) is 4.67. The third kappa shape index (κ3) is 3.51. The van der Waals surface area contributed by atoms with E-state index >= 15 is 0 Å². The van der Waals surface area contributed by atoms with Gasteiger partial charge in [0.2, 0.25) is 17.7 Å². The van der Waals surface area contributed by atoms with Crippen molar-refractivity contribution in [3.8, 4) is 0 Å². The van der Waals surface area contributed by atoms with Crippen LogP contribution in [0.3, 0.4) is 0 Å². The molecule has 1 fully saturated rings. The second-order valence-corrected chi connectivity index (χ2v) is 6.37. The van der Waals surface area contributed by atoms with E-state index in [-0.39, 0.29) is 30.6 Å². The molecule has 6 nitrogen and oxygen atoms in total. The van der Waals surface area contributed by atoms with Crippen LogP contribution >= 0.6 is 11.3 Å². The number of imide groups is 1. The van der Waals surface area contributed by atoms with Crippen LogP contribution in [0.4, 0.5) is 11.4 Å². The molecule has 0 atom stereocenters. The average Bonchev–Trinajstić information content (AvgIpc) is 3.17. The molecule has 0 saturated carbocycles. The zero-order valence-electron chi connectivity index (χ0n) is 13.2. The number of rotatable bonds is 5. The molecule has 0 aliphatic carbocycles. The van der Waals surface area contributed by atoms with Crippen molar-refractivity contribution >= 4 is 40.4 Å². The lowest BCUT2D eigenvalue weighted by atomic mass is 10.1. The van der Waals surface area contributed by atoms with Gasteiger partial charge in [-0.1, -0.05) is 0 Å². The lowest BCUT2D eigenvalue weighted by Crippen LogP contribution is -2.29. The molecule has 0 spiro atoms. The second-order valence-electron chi connectivity index (χ2n) is 5.65. The molecule has 3 rings (SSSR count). The number of anilines is 2. The van der Waals surface area contributed by atoms with Crippen LogP contribution in [0, 0.1) is 6.92 Å².